The molecule has 0 unspecified atom stereocenters. The summed E-state index contributed by atoms with van der Waals surface area (Å²) in [5, 5.41) is 2.96. The van der Waals surface area contributed by atoms with Gasteiger partial charge in [0.05, 0.1) is 24.1 Å². The number of hydrogen-bond donors (Lipinski definition) is 1. The van der Waals surface area contributed by atoms with E-state index in [4.69, 9.17) is 4.74 Å². The number of ether oxygens (including phenoxy) is 1. The molecule has 0 aromatic carbocycles. The zero-order valence-corrected chi connectivity index (χ0v) is 8.86. The lowest BCUT2D eigenvalue weighted by Gasteiger charge is -2.03. The molecule has 4 heteroatoms. The third kappa shape index (κ3) is 3.81. The number of rotatable bonds is 4. The molecule has 1 aromatic rings. The monoisotopic (exact) mass is 206 g/mol. The molecule has 0 atom stereocenters. The number of nitrogens with one attached hydrogen (secondary N) is 1. The minimum atomic E-state index is -0.311. The fourth-order valence-corrected chi connectivity index (χ4v) is 0.944. The summed E-state index contributed by atoms with van der Waals surface area (Å²) >= 11 is 0. The number of esters is 1. The predicted molar refractivity (Wildman–Crippen MR) is 58.2 cm³/mol. The first-order valence-electron chi connectivity index (χ1n) is 4.74. The van der Waals surface area contributed by atoms with Gasteiger partial charge in [0, 0.05) is 12.4 Å². The van der Waals surface area contributed by atoms with Gasteiger partial charge >= 0.3 is 5.97 Å². The Morgan fingerprint density at radius 3 is 3.07 bits per heavy atom. The van der Waals surface area contributed by atoms with Gasteiger partial charge in [-0.2, -0.15) is 0 Å². The van der Waals surface area contributed by atoms with Crippen LogP contribution in [0.4, 0.5) is 5.69 Å². The van der Waals surface area contributed by atoms with Crippen molar-refractivity contribution in [3.05, 3.63) is 36.3 Å². The van der Waals surface area contributed by atoms with Gasteiger partial charge in [0.1, 0.15) is 0 Å². The molecule has 15 heavy (non-hydrogen) atoms. The lowest BCUT2D eigenvalue weighted by molar-refractivity contribution is -0.138. The molecule has 0 radical (unpaired) electrons. The average molecular weight is 206 g/mol. The van der Waals surface area contributed by atoms with E-state index in [2.05, 4.69) is 10.3 Å². The smallest absolute Gasteiger partial charge is 0.335 e. The van der Waals surface area contributed by atoms with Crippen LogP contribution in [0.1, 0.15) is 13.8 Å². The summed E-state index contributed by atoms with van der Waals surface area (Å²) in [4.78, 5) is 15.2. The summed E-state index contributed by atoms with van der Waals surface area (Å²) in [5.74, 6) is -0.311. The second kappa shape index (κ2) is 5.80. The fourth-order valence-electron chi connectivity index (χ4n) is 0.944. The van der Waals surface area contributed by atoms with E-state index >= 15 is 0 Å². The minimum absolute atomic E-state index is 0.311. The first-order valence-corrected chi connectivity index (χ1v) is 4.74. The SMILES string of the molecule is CCOC(=O)C(C)=CNc1cccnc1. The third-order valence-electron chi connectivity index (χ3n) is 1.71. The molecule has 1 heterocycles. The second-order valence-corrected chi connectivity index (χ2v) is 2.93. The minimum Gasteiger partial charge on any atom is -0.463 e. The van der Waals surface area contributed by atoms with Crippen LogP contribution >= 0.6 is 0 Å². The number of carbonyl (C=O) groups is 1. The van der Waals surface area contributed by atoms with Gasteiger partial charge < -0.3 is 10.1 Å². The van der Waals surface area contributed by atoms with Crippen molar-refractivity contribution in [1.29, 1.82) is 0 Å². The molecule has 0 aliphatic rings. The number of carbonyl (C=O) groups excluding carboxylic acids is 1. The average Bonchev–Trinajstić information content (AvgIpc) is 2.27. The zero-order valence-electron chi connectivity index (χ0n) is 8.86. The van der Waals surface area contributed by atoms with Gasteiger partial charge in [-0.3, -0.25) is 4.98 Å². The lowest BCUT2D eigenvalue weighted by Crippen LogP contribution is -2.06. The van der Waals surface area contributed by atoms with Crippen molar-refractivity contribution in [1.82, 2.24) is 4.98 Å². The summed E-state index contributed by atoms with van der Waals surface area (Å²) in [6.07, 6.45) is 4.97. The Kier molecular flexibility index (Phi) is 4.34. The van der Waals surface area contributed by atoms with Crippen LogP contribution in [0.15, 0.2) is 36.3 Å². The predicted octanol–water partition coefficient (Wildman–Crippen LogP) is 1.96. The third-order valence-corrected chi connectivity index (χ3v) is 1.71. The molecule has 0 saturated heterocycles. The van der Waals surface area contributed by atoms with Gasteiger partial charge in [0.2, 0.25) is 0 Å². The molecule has 0 aliphatic carbocycles. The Morgan fingerprint density at radius 2 is 2.47 bits per heavy atom. The van der Waals surface area contributed by atoms with Gasteiger partial charge in [-0.1, -0.05) is 0 Å². The summed E-state index contributed by atoms with van der Waals surface area (Å²) in [7, 11) is 0. The van der Waals surface area contributed by atoms with Crippen molar-refractivity contribution in [2.75, 3.05) is 11.9 Å². The van der Waals surface area contributed by atoms with Crippen molar-refractivity contribution in [2.24, 2.45) is 0 Å². The number of nitrogens with zero attached hydrogens (tertiary/aromatic N) is 1. The topological polar surface area (TPSA) is 51.2 Å². The summed E-state index contributed by atoms with van der Waals surface area (Å²) in [6.45, 7) is 3.86. The van der Waals surface area contributed by atoms with Crippen LogP contribution < -0.4 is 5.32 Å². The van der Waals surface area contributed by atoms with Crippen molar-refractivity contribution in [3.63, 3.8) is 0 Å². The largest absolute Gasteiger partial charge is 0.463 e. The van der Waals surface area contributed by atoms with Gasteiger partial charge in [0.25, 0.3) is 0 Å². The number of hydrogen-bond acceptors (Lipinski definition) is 4. The van der Waals surface area contributed by atoms with Crippen molar-refractivity contribution in [3.8, 4) is 0 Å². The molecule has 1 rings (SSSR count). The lowest BCUT2D eigenvalue weighted by atomic mass is 10.3. The molecule has 0 spiro atoms. The first kappa shape index (κ1) is 11.2. The molecular formula is C11H14N2O2. The normalized spacial score (nSPS) is 10.9. The Bertz CT molecular complexity index is 347. The standard InChI is InChI=1S/C11H14N2O2/c1-3-15-11(14)9(2)7-13-10-5-4-6-12-8-10/h4-8,13H,3H2,1-2H3. The van der Waals surface area contributed by atoms with Crippen molar-refractivity contribution >= 4 is 11.7 Å². The molecule has 0 bridgehead atoms. The summed E-state index contributed by atoms with van der Waals surface area (Å²) in [5.41, 5.74) is 1.36. The van der Waals surface area contributed by atoms with Crippen LogP contribution in [0.5, 0.6) is 0 Å². The van der Waals surface area contributed by atoms with E-state index in [0.717, 1.165) is 5.69 Å². The molecule has 80 valence electrons. The zero-order chi connectivity index (χ0) is 11.1. The van der Waals surface area contributed by atoms with Crippen molar-refractivity contribution < 1.29 is 9.53 Å². The molecule has 4 nitrogen and oxygen atoms in total. The Morgan fingerprint density at radius 1 is 1.67 bits per heavy atom. The van der Waals surface area contributed by atoms with Crippen LogP contribution in [0.2, 0.25) is 0 Å². The van der Waals surface area contributed by atoms with Gasteiger partial charge in [-0.15, -0.1) is 0 Å². The van der Waals surface area contributed by atoms with E-state index < -0.39 is 0 Å². The van der Waals surface area contributed by atoms with Crippen LogP contribution in [-0.4, -0.2) is 17.6 Å². The molecule has 0 amide bonds. The van der Waals surface area contributed by atoms with Gasteiger partial charge in [-0.05, 0) is 26.0 Å². The molecule has 1 aromatic heterocycles. The van der Waals surface area contributed by atoms with E-state index in [-0.39, 0.29) is 5.97 Å². The van der Waals surface area contributed by atoms with E-state index in [1.165, 1.54) is 0 Å². The molecule has 0 aliphatic heterocycles. The van der Waals surface area contributed by atoms with E-state index in [1.807, 2.05) is 12.1 Å². The van der Waals surface area contributed by atoms with E-state index in [0.29, 0.717) is 12.2 Å². The van der Waals surface area contributed by atoms with Crippen LogP contribution in [0.3, 0.4) is 0 Å². The van der Waals surface area contributed by atoms with Gasteiger partial charge in [-0.25, -0.2) is 4.79 Å². The first-order chi connectivity index (χ1) is 7.24. The second-order valence-electron chi connectivity index (χ2n) is 2.93. The number of anilines is 1. The summed E-state index contributed by atoms with van der Waals surface area (Å²) < 4.78 is 4.83. The summed E-state index contributed by atoms with van der Waals surface area (Å²) in [6, 6.07) is 3.68. The highest BCUT2D eigenvalue weighted by Crippen LogP contribution is 2.04. The molecule has 0 saturated carbocycles. The highest BCUT2D eigenvalue weighted by atomic mass is 16.5. The number of pyridine rings is 1. The molecular weight excluding hydrogens is 192 g/mol. The highest BCUT2D eigenvalue weighted by molar-refractivity contribution is 5.88. The molecule has 1 N–H and O–H groups in total. The highest BCUT2D eigenvalue weighted by Gasteiger charge is 2.03. The maximum Gasteiger partial charge on any atom is 0.335 e. The maximum absolute atomic E-state index is 11.2. The Labute approximate surface area is 89.0 Å². The maximum atomic E-state index is 11.2. The molecule has 0 fully saturated rings. The van der Waals surface area contributed by atoms with Crippen molar-refractivity contribution in [2.45, 2.75) is 13.8 Å². The van der Waals surface area contributed by atoms with Gasteiger partial charge in [0.15, 0.2) is 0 Å². The number of aromatic nitrogens is 1. The van der Waals surface area contributed by atoms with E-state index in [1.54, 1.807) is 32.4 Å². The Hall–Kier alpha value is -1.84. The fraction of sp³-hybridized carbons (Fsp3) is 0.273. The van der Waals surface area contributed by atoms with Crippen LogP contribution in [-0.2, 0) is 9.53 Å². The van der Waals surface area contributed by atoms with Crippen LogP contribution in [0.25, 0.3) is 0 Å². The van der Waals surface area contributed by atoms with E-state index in [9.17, 15) is 4.79 Å². The van der Waals surface area contributed by atoms with Crippen LogP contribution in [0, 0.1) is 0 Å². The Balaban J connectivity index is 2.54. The quantitative estimate of drug-likeness (QED) is 0.604.